The number of carbonyl (C=O) groups is 1. The fourth-order valence-electron chi connectivity index (χ4n) is 3.13. The molecule has 1 aromatic carbocycles. The Balaban J connectivity index is 1.53. The lowest BCUT2D eigenvalue weighted by molar-refractivity contribution is -0.131. The quantitative estimate of drug-likeness (QED) is 0.836. The monoisotopic (exact) mass is 342 g/mol. The van der Waals surface area contributed by atoms with E-state index in [1.807, 2.05) is 23.9 Å². The van der Waals surface area contributed by atoms with E-state index in [1.54, 1.807) is 0 Å². The highest BCUT2D eigenvalue weighted by molar-refractivity contribution is 5.78. The van der Waals surface area contributed by atoms with Crippen molar-refractivity contribution < 1.29 is 9.32 Å². The molecular weight excluding hydrogens is 316 g/mol. The van der Waals surface area contributed by atoms with Crippen LogP contribution in [0, 0.1) is 0 Å². The van der Waals surface area contributed by atoms with Gasteiger partial charge in [0.15, 0.2) is 0 Å². The van der Waals surface area contributed by atoms with Crippen molar-refractivity contribution in [3.05, 3.63) is 41.3 Å². The molecule has 134 valence electrons. The van der Waals surface area contributed by atoms with E-state index in [0.717, 1.165) is 37.9 Å². The molecule has 0 unspecified atom stereocenters. The first-order valence-corrected chi connectivity index (χ1v) is 8.93. The molecule has 6 heteroatoms. The summed E-state index contributed by atoms with van der Waals surface area (Å²) in [6, 6.07) is 8.33. The summed E-state index contributed by atoms with van der Waals surface area (Å²) >= 11 is 0. The zero-order valence-corrected chi connectivity index (χ0v) is 15.2. The Kier molecular flexibility index (Phi) is 5.36. The van der Waals surface area contributed by atoms with Crippen molar-refractivity contribution in [3.63, 3.8) is 0 Å². The van der Waals surface area contributed by atoms with E-state index in [0.29, 0.717) is 18.3 Å². The van der Waals surface area contributed by atoms with Crippen molar-refractivity contribution in [1.29, 1.82) is 0 Å². The Morgan fingerprint density at radius 3 is 2.40 bits per heavy atom. The van der Waals surface area contributed by atoms with Gasteiger partial charge in [0.1, 0.15) is 0 Å². The van der Waals surface area contributed by atoms with Gasteiger partial charge in [-0.3, -0.25) is 4.79 Å². The molecule has 0 aliphatic carbocycles. The van der Waals surface area contributed by atoms with Crippen LogP contribution in [0.5, 0.6) is 0 Å². The van der Waals surface area contributed by atoms with Crippen LogP contribution in [0.4, 0.5) is 5.95 Å². The molecule has 0 bridgehead atoms. The molecule has 6 nitrogen and oxygen atoms in total. The second-order valence-electron chi connectivity index (χ2n) is 6.83. The third-order valence-corrected chi connectivity index (χ3v) is 4.81. The van der Waals surface area contributed by atoms with Crippen LogP contribution in [0.25, 0.3) is 0 Å². The van der Waals surface area contributed by atoms with Crippen LogP contribution in [0.2, 0.25) is 0 Å². The van der Waals surface area contributed by atoms with Crippen molar-refractivity contribution in [3.8, 4) is 0 Å². The molecule has 1 aromatic heterocycles. The number of hydrogen-bond acceptors (Lipinski definition) is 5. The first-order valence-electron chi connectivity index (χ1n) is 8.93. The predicted octanol–water partition coefficient (Wildman–Crippen LogP) is 2.65. The number of carbonyl (C=O) groups excluding carboxylic acids is 1. The molecule has 1 aliphatic rings. The molecule has 1 fully saturated rings. The topological polar surface area (TPSA) is 62.5 Å². The summed E-state index contributed by atoms with van der Waals surface area (Å²) in [6.45, 7) is 3.63. The van der Waals surface area contributed by atoms with Gasteiger partial charge in [-0.15, -0.1) is 0 Å². The smallest absolute Gasteiger partial charge is 0.265 e. The molecule has 0 saturated carbocycles. The first kappa shape index (κ1) is 17.5. The number of rotatable bonds is 5. The van der Waals surface area contributed by atoms with Crippen LogP contribution in [0.1, 0.15) is 42.7 Å². The molecule has 0 N–H and O–H groups in total. The highest BCUT2D eigenvalue weighted by atomic mass is 16.5. The minimum atomic E-state index is 0.196. The number of benzene rings is 1. The van der Waals surface area contributed by atoms with Gasteiger partial charge < -0.3 is 14.3 Å². The summed E-state index contributed by atoms with van der Waals surface area (Å²) in [5.41, 5.74) is 2.38. The molecule has 0 radical (unpaired) electrons. The van der Waals surface area contributed by atoms with Crippen LogP contribution >= 0.6 is 0 Å². The Hall–Kier alpha value is -2.37. The summed E-state index contributed by atoms with van der Waals surface area (Å²) in [5, 5.41) is 3.97. The average molecular weight is 342 g/mol. The molecule has 1 amide bonds. The summed E-state index contributed by atoms with van der Waals surface area (Å²) in [6.07, 6.45) is 3.23. The maximum absolute atomic E-state index is 12.5. The van der Waals surface area contributed by atoms with Gasteiger partial charge in [-0.05, 0) is 35.5 Å². The Morgan fingerprint density at radius 1 is 1.20 bits per heavy atom. The number of hydrogen-bond donors (Lipinski definition) is 0. The van der Waals surface area contributed by atoms with Crippen LogP contribution in [-0.4, -0.2) is 48.1 Å². The van der Waals surface area contributed by atoms with Gasteiger partial charge in [0.05, 0.1) is 6.42 Å². The van der Waals surface area contributed by atoms with E-state index in [9.17, 15) is 4.79 Å². The van der Waals surface area contributed by atoms with Crippen molar-refractivity contribution in [2.24, 2.45) is 0 Å². The average Bonchev–Trinajstić information content (AvgIpc) is 3.13. The van der Waals surface area contributed by atoms with E-state index >= 15 is 0 Å². The van der Waals surface area contributed by atoms with Gasteiger partial charge in [0.25, 0.3) is 5.95 Å². The second kappa shape index (κ2) is 7.68. The minimum Gasteiger partial charge on any atom is -0.344 e. The number of aromatic nitrogens is 2. The predicted molar refractivity (Wildman–Crippen MR) is 96.7 cm³/mol. The molecule has 2 aromatic rings. The molecule has 25 heavy (non-hydrogen) atoms. The van der Waals surface area contributed by atoms with Crippen molar-refractivity contribution >= 4 is 11.9 Å². The lowest BCUT2D eigenvalue weighted by atomic mass is 9.96. The number of piperidine rings is 1. The minimum absolute atomic E-state index is 0.196. The van der Waals surface area contributed by atoms with Crippen LogP contribution in [0.15, 0.2) is 28.8 Å². The van der Waals surface area contributed by atoms with Crippen molar-refractivity contribution in [2.45, 2.75) is 38.5 Å². The SMILES string of the molecule is CCc1ccc(CC(=O)N2CCC(c3nc(N(C)C)no3)CC2)cc1. The number of likely N-dealkylation sites (tertiary alicyclic amines) is 1. The van der Waals surface area contributed by atoms with Gasteiger partial charge in [-0.25, -0.2) is 0 Å². The van der Waals surface area contributed by atoms with Gasteiger partial charge in [0.2, 0.25) is 11.8 Å². The Labute approximate surface area is 148 Å². The van der Waals surface area contributed by atoms with Crippen LogP contribution in [-0.2, 0) is 17.6 Å². The lowest BCUT2D eigenvalue weighted by Crippen LogP contribution is -2.38. The van der Waals surface area contributed by atoms with E-state index < -0.39 is 0 Å². The Morgan fingerprint density at radius 2 is 1.84 bits per heavy atom. The van der Waals surface area contributed by atoms with Crippen LogP contribution in [0.3, 0.4) is 0 Å². The molecular formula is C19H26N4O2. The number of aryl methyl sites for hydroxylation is 1. The second-order valence-corrected chi connectivity index (χ2v) is 6.83. The normalized spacial score (nSPS) is 15.4. The third-order valence-electron chi connectivity index (χ3n) is 4.81. The standard InChI is InChI=1S/C19H26N4O2/c1-4-14-5-7-15(8-6-14)13-17(24)23-11-9-16(10-12-23)18-20-19(21-25-18)22(2)3/h5-8,16H,4,9-13H2,1-3H3. The van der Waals surface area contributed by atoms with E-state index in [4.69, 9.17) is 4.52 Å². The van der Waals surface area contributed by atoms with Crippen molar-refractivity contribution in [1.82, 2.24) is 15.0 Å². The molecule has 3 rings (SSSR count). The zero-order valence-electron chi connectivity index (χ0n) is 15.2. The van der Waals surface area contributed by atoms with E-state index in [1.165, 1.54) is 5.56 Å². The fourth-order valence-corrected chi connectivity index (χ4v) is 3.13. The molecule has 0 spiro atoms. The molecule has 1 saturated heterocycles. The highest BCUT2D eigenvalue weighted by Crippen LogP contribution is 2.28. The number of nitrogens with zero attached hydrogens (tertiary/aromatic N) is 4. The largest absolute Gasteiger partial charge is 0.344 e. The number of anilines is 1. The van der Waals surface area contributed by atoms with Gasteiger partial charge in [-0.2, -0.15) is 4.98 Å². The fraction of sp³-hybridized carbons (Fsp3) is 0.526. The number of amides is 1. The maximum atomic E-state index is 12.5. The summed E-state index contributed by atoms with van der Waals surface area (Å²) in [7, 11) is 3.78. The summed E-state index contributed by atoms with van der Waals surface area (Å²) < 4.78 is 5.37. The van der Waals surface area contributed by atoms with Gasteiger partial charge in [-0.1, -0.05) is 31.2 Å². The van der Waals surface area contributed by atoms with Gasteiger partial charge >= 0.3 is 0 Å². The highest BCUT2D eigenvalue weighted by Gasteiger charge is 2.27. The van der Waals surface area contributed by atoms with E-state index in [2.05, 4.69) is 41.3 Å². The van der Waals surface area contributed by atoms with Crippen LogP contribution < -0.4 is 4.90 Å². The van der Waals surface area contributed by atoms with Crippen molar-refractivity contribution in [2.75, 3.05) is 32.1 Å². The molecule has 1 aliphatic heterocycles. The molecule has 2 heterocycles. The third kappa shape index (κ3) is 4.18. The zero-order chi connectivity index (χ0) is 17.8. The van der Waals surface area contributed by atoms with Gasteiger partial charge in [0, 0.05) is 33.1 Å². The first-order chi connectivity index (χ1) is 12.1. The maximum Gasteiger partial charge on any atom is 0.265 e. The summed E-state index contributed by atoms with van der Waals surface area (Å²) in [4.78, 5) is 20.7. The summed E-state index contributed by atoms with van der Waals surface area (Å²) in [5.74, 6) is 1.73. The lowest BCUT2D eigenvalue weighted by Gasteiger charge is -2.30. The Bertz CT molecular complexity index is 700. The van der Waals surface area contributed by atoms with E-state index in [-0.39, 0.29) is 11.8 Å². The molecule has 0 atom stereocenters.